The molecule has 2 atom stereocenters. The Labute approximate surface area is 111 Å². The Morgan fingerprint density at radius 1 is 1.18 bits per heavy atom. The van der Waals surface area contributed by atoms with Crippen molar-refractivity contribution in [1.29, 1.82) is 0 Å². The van der Waals surface area contributed by atoms with Crippen LogP contribution in [0.5, 0.6) is 0 Å². The summed E-state index contributed by atoms with van der Waals surface area (Å²) in [5.74, 6) is -1.09. The van der Waals surface area contributed by atoms with Gasteiger partial charge in [-0.05, 0) is 35.4 Å². The number of benzene rings is 1. The summed E-state index contributed by atoms with van der Waals surface area (Å²) in [6, 6.07) is 4.08. The van der Waals surface area contributed by atoms with Crippen LogP contribution in [0, 0.1) is 23.0 Å². The summed E-state index contributed by atoms with van der Waals surface area (Å²) in [6.45, 7) is 8.72. The van der Waals surface area contributed by atoms with Gasteiger partial charge in [-0.1, -0.05) is 49.7 Å². The van der Waals surface area contributed by atoms with Gasteiger partial charge in [0.15, 0.2) is 11.6 Å². The van der Waals surface area contributed by atoms with Crippen LogP contribution in [0.1, 0.15) is 44.5 Å². The van der Waals surface area contributed by atoms with Gasteiger partial charge in [-0.2, -0.15) is 0 Å². The van der Waals surface area contributed by atoms with Gasteiger partial charge >= 0.3 is 0 Å². The fourth-order valence-electron chi connectivity index (χ4n) is 1.51. The number of hydrogen-bond acceptors (Lipinski definition) is 0. The van der Waals surface area contributed by atoms with Gasteiger partial charge in [-0.15, -0.1) is 0 Å². The molecule has 1 aromatic carbocycles. The highest BCUT2D eigenvalue weighted by atomic mass is 79.9. The molecule has 0 aliphatic heterocycles. The second-order valence-electron chi connectivity index (χ2n) is 5.64. The quantitative estimate of drug-likeness (QED) is 0.649. The first-order valence-corrected chi connectivity index (χ1v) is 6.72. The van der Waals surface area contributed by atoms with Crippen molar-refractivity contribution in [2.24, 2.45) is 11.3 Å². The average Bonchev–Trinajstić information content (AvgIpc) is 2.20. The minimum Gasteiger partial charge on any atom is -0.204 e. The predicted molar refractivity (Wildman–Crippen MR) is 71.3 cm³/mol. The largest absolute Gasteiger partial charge is 0.204 e. The molecule has 1 rings (SSSR count). The second kappa shape index (κ2) is 5.47. The van der Waals surface area contributed by atoms with Gasteiger partial charge in [0.2, 0.25) is 0 Å². The average molecular weight is 305 g/mol. The fraction of sp³-hybridized carbons (Fsp3) is 0.571. The van der Waals surface area contributed by atoms with Crippen molar-refractivity contribution in [2.45, 2.75) is 38.9 Å². The summed E-state index contributed by atoms with van der Waals surface area (Å²) in [7, 11) is 0. The van der Waals surface area contributed by atoms with Crippen LogP contribution in [0.2, 0.25) is 0 Å². The van der Waals surface area contributed by atoms with E-state index in [1.54, 1.807) is 6.07 Å². The van der Waals surface area contributed by atoms with E-state index in [9.17, 15) is 8.78 Å². The highest BCUT2D eigenvalue weighted by Crippen LogP contribution is 2.37. The Hall–Kier alpha value is -0.440. The Kier molecular flexibility index (Phi) is 4.70. The Morgan fingerprint density at radius 2 is 1.76 bits per heavy atom. The van der Waals surface area contributed by atoms with Gasteiger partial charge in [0, 0.05) is 4.83 Å². The topological polar surface area (TPSA) is 0 Å². The molecule has 0 N–H and O–H groups in total. The van der Waals surface area contributed by atoms with E-state index in [1.165, 1.54) is 12.1 Å². The molecular weight excluding hydrogens is 286 g/mol. The molecule has 0 aliphatic rings. The fourth-order valence-corrected chi connectivity index (χ4v) is 2.35. The molecule has 3 heteroatoms. The number of alkyl halides is 1. The number of rotatable bonds is 3. The van der Waals surface area contributed by atoms with Gasteiger partial charge < -0.3 is 0 Å². The molecule has 96 valence electrons. The molecule has 0 aromatic heterocycles. The molecule has 1 aromatic rings. The first-order chi connectivity index (χ1) is 7.71. The van der Waals surface area contributed by atoms with Crippen molar-refractivity contribution in [3.63, 3.8) is 0 Å². The molecule has 0 bridgehead atoms. The Balaban J connectivity index is 2.76. The van der Waals surface area contributed by atoms with Gasteiger partial charge in [0.25, 0.3) is 0 Å². The number of hydrogen-bond donors (Lipinski definition) is 0. The van der Waals surface area contributed by atoms with E-state index >= 15 is 0 Å². The second-order valence-corrected chi connectivity index (χ2v) is 6.75. The van der Waals surface area contributed by atoms with Gasteiger partial charge in [-0.25, -0.2) is 8.78 Å². The van der Waals surface area contributed by atoms with Gasteiger partial charge in [0.05, 0.1) is 0 Å². The van der Waals surface area contributed by atoms with Crippen molar-refractivity contribution in [1.82, 2.24) is 0 Å². The molecule has 0 amide bonds. The van der Waals surface area contributed by atoms with Crippen LogP contribution in [-0.4, -0.2) is 0 Å². The smallest absolute Gasteiger partial charge is 0.159 e. The summed E-state index contributed by atoms with van der Waals surface area (Å²) in [5.41, 5.74) is 1.00. The molecule has 2 unspecified atom stereocenters. The number of halogens is 3. The lowest BCUT2D eigenvalue weighted by atomic mass is 9.79. The monoisotopic (exact) mass is 304 g/mol. The van der Waals surface area contributed by atoms with E-state index < -0.39 is 11.6 Å². The van der Waals surface area contributed by atoms with Crippen LogP contribution in [-0.2, 0) is 0 Å². The highest BCUT2D eigenvalue weighted by Gasteiger charge is 2.23. The van der Waals surface area contributed by atoms with Crippen LogP contribution < -0.4 is 0 Å². The van der Waals surface area contributed by atoms with Crippen molar-refractivity contribution in [3.8, 4) is 0 Å². The predicted octanol–water partition coefficient (Wildman–Crippen LogP) is 5.47. The lowest BCUT2D eigenvalue weighted by molar-refractivity contribution is 0.246. The minimum absolute atomic E-state index is 0.0619. The first kappa shape index (κ1) is 14.6. The molecule has 0 spiro atoms. The van der Waals surface area contributed by atoms with Crippen LogP contribution in [0.15, 0.2) is 18.2 Å². The third kappa shape index (κ3) is 4.06. The molecular formula is C14H19BrF2. The maximum Gasteiger partial charge on any atom is 0.159 e. The van der Waals surface area contributed by atoms with Gasteiger partial charge in [-0.3, -0.25) is 0 Å². The van der Waals surface area contributed by atoms with E-state index in [0.717, 1.165) is 12.0 Å². The standard InChI is InChI=1S/C14H19BrF2/c1-9(14(2,3)4)7-11(15)10-5-6-12(16)13(17)8-10/h5-6,8-9,11H,7H2,1-4H3. The van der Waals surface area contributed by atoms with Crippen molar-refractivity contribution in [3.05, 3.63) is 35.4 Å². The molecule has 0 nitrogen and oxygen atoms in total. The highest BCUT2D eigenvalue weighted by molar-refractivity contribution is 9.09. The van der Waals surface area contributed by atoms with Crippen LogP contribution >= 0.6 is 15.9 Å². The van der Waals surface area contributed by atoms with E-state index in [1.807, 2.05) is 0 Å². The van der Waals surface area contributed by atoms with Gasteiger partial charge in [0.1, 0.15) is 0 Å². The summed E-state index contributed by atoms with van der Waals surface area (Å²) in [6.07, 6.45) is 0.897. The summed E-state index contributed by atoms with van der Waals surface area (Å²) < 4.78 is 25.9. The van der Waals surface area contributed by atoms with Crippen molar-refractivity contribution in [2.75, 3.05) is 0 Å². The Morgan fingerprint density at radius 3 is 2.24 bits per heavy atom. The van der Waals surface area contributed by atoms with Crippen LogP contribution in [0.4, 0.5) is 8.78 Å². The zero-order valence-electron chi connectivity index (χ0n) is 10.7. The van der Waals surface area contributed by atoms with E-state index in [0.29, 0.717) is 5.92 Å². The van der Waals surface area contributed by atoms with Crippen molar-refractivity contribution >= 4 is 15.9 Å². The third-order valence-electron chi connectivity index (χ3n) is 3.34. The van der Waals surface area contributed by atoms with Crippen molar-refractivity contribution < 1.29 is 8.78 Å². The molecule has 0 heterocycles. The SMILES string of the molecule is CC(CC(Br)c1ccc(F)c(F)c1)C(C)(C)C. The molecule has 17 heavy (non-hydrogen) atoms. The zero-order chi connectivity index (χ0) is 13.2. The summed E-state index contributed by atoms with van der Waals surface area (Å²) in [4.78, 5) is 0.0619. The molecule has 0 fully saturated rings. The summed E-state index contributed by atoms with van der Waals surface area (Å²) in [5, 5.41) is 0. The lowest BCUT2D eigenvalue weighted by Crippen LogP contribution is -2.18. The first-order valence-electron chi connectivity index (χ1n) is 5.81. The van der Waals surface area contributed by atoms with E-state index in [2.05, 4.69) is 43.6 Å². The third-order valence-corrected chi connectivity index (χ3v) is 4.25. The lowest BCUT2D eigenvalue weighted by Gasteiger charge is -2.29. The molecule has 0 radical (unpaired) electrons. The zero-order valence-corrected chi connectivity index (χ0v) is 12.3. The van der Waals surface area contributed by atoms with E-state index in [-0.39, 0.29) is 10.2 Å². The maximum absolute atomic E-state index is 13.1. The molecule has 0 saturated heterocycles. The van der Waals surface area contributed by atoms with Crippen LogP contribution in [0.25, 0.3) is 0 Å². The Bertz CT molecular complexity index is 382. The normalized spacial score (nSPS) is 15.7. The molecule has 0 saturated carbocycles. The summed E-state index contributed by atoms with van der Waals surface area (Å²) >= 11 is 3.55. The minimum atomic E-state index is -0.794. The molecule has 0 aliphatic carbocycles. The van der Waals surface area contributed by atoms with E-state index in [4.69, 9.17) is 0 Å². The van der Waals surface area contributed by atoms with Crippen LogP contribution in [0.3, 0.4) is 0 Å². The maximum atomic E-state index is 13.1.